The predicted octanol–water partition coefficient (Wildman–Crippen LogP) is 2.49. The third-order valence-electron chi connectivity index (χ3n) is 3.92. The first-order valence-corrected chi connectivity index (χ1v) is 7.12. The van der Waals surface area contributed by atoms with Gasteiger partial charge in [-0.25, -0.2) is 0 Å². The molecule has 1 aromatic carbocycles. The molecule has 0 aromatic heterocycles. The highest BCUT2D eigenvalue weighted by molar-refractivity contribution is 5.52. The number of rotatable bonds is 5. The average Bonchev–Trinajstić information content (AvgIpc) is 3.07. The zero-order valence-corrected chi connectivity index (χ0v) is 11.2. The van der Waals surface area contributed by atoms with Gasteiger partial charge in [0.05, 0.1) is 6.61 Å². The molecule has 1 aromatic rings. The Labute approximate surface area is 113 Å². The van der Waals surface area contributed by atoms with Crippen LogP contribution in [0.1, 0.15) is 31.2 Å². The highest BCUT2D eigenvalue weighted by Gasteiger charge is 2.20. The minimum atomic E-state index is 0.295. The standard InChI is InChI=1S/C15H21NO3/c16-6-5-12-7-14-15(19-10-18-14)8-13(12)17-9-11-3-1-2-4-11/h7-8,11H,1-6,9-10,16H2. The maximum atomic E-state index is 6.01. The second kappa shape index (κ2) is 5.70. The maximum Gasteiger partial charge on any atom is 0.231 e. The Balaban J connectivity index is 1.73. The highest BCUT2D eigenvalue weighted by Crippen LogP contribution is 2.38. The molecule has 1 saturated carbocycles. The number of nitrogens with two attached hydrogens (primary N) is 1. The van der Waals surface area contributed by atoms with E-state index in [-0.39, 0.29) is 0 Å². The monoisotopic (exact) mass is 263 g/mol. The normalized spacial score (nSPS) is 17.9. The second-order valence-corrected chi connectivity index (χ2v) is 5.31. The fraction of sp³-hybridized carbons (Fsp3) is 0.600. The van der Waals surface area contributed by atoms with E-state index in [4.69, 9.17) is 19.9 Å². The van der Waals surface area contributed by atoms with Crippen LogP contribution in [0.2, 0.25) is 0 Å². The predicted molar refractivity (Wildman–Crippen MR) is 72.8 cm³/mol. The van der Waals surface area contributed by atoms with Gasteiger partial charge in [0, 0.05) is 6.07 Å². The van der Waals surface area contributed by atoms with Gasteiger partial charge in [0.1, 0.15) is 5.75 Å². The minimum absolute atomic E-state index is 0.295. The number of hydrogen-bond donors (Lipinski definition) is 1. The van der Waals surface area contributed by atoms with Crippen LogP contribution in [0.25, 0.3) is 0 Å². The molecule has 2 aliphatic rings. The Morgan fingerprint density at radius 1 is 1.16 bits per heavy atom. The molecule has 1 aliphatic heterocycles. The maximum absolute atomic E-state index is 6.01. The summed E-state index contributed by atoms with van der Waals surface area (Å²) in [5.74, 6) is 3.19. The van der Waals surface area contributed by atoms with Crippen LogP contribution < -0.4 is 19.9 Å². The summed E-state index contributed by atoms with van der Waals surface area (Å²) in [4.78, 5) is 0. The fourth-order valence-electron chi connectivity index (χ4n) is 2.84. The summed E-state index contributed by atoms with van der Waals surface area (Å²) in [5.41, 5.74) is 6.78. The van der Waals surface area contributed by atoms with E-state index in [0.29, 0.717) is 19.3 Å². The van der Waals surface area contributed by atoms with Crippen LogP contribution >= 0.6 is 0 Å². The number of benzene rings is 1. The first-order chi connectivity index (χ1) is 9.36. The van der Waals surface area contributed by atoms with Crippen LogP contribution in [0.4, 0.5) is 0 Å². The van der Waals surface area contributed by atoms with Crippen LogP contribution in [0, 0.1) is 5.92 Å². The SMILES string of the molecule is NCCc1cc2c(cc1OCC1CCCC1)OCO2. The van der Waals surface area contributed by atoms with Gasteiger partial charge in [-0.1, -0.05) is 12.8 Å². The fourth-order valence-corrected chi connectivity index (χ4v) is 2.84. The lowest BCUT2D eigenvalue weighted by atomic mass is 10.1. The smallest absolute Gasteiger partial charge is 0.231 e. The van der Waals surface area contributed by atoms with Gasteiger partial charge < -0.3 is 19.9 Å². The summed E-state index contributed by atoms with van der Waals surface area (Å²) in [6.07, 6.45) is 6.06. The molecule has 4 heteroatoms. The second-order valence-electron chi connectivity index (χ2n) is 5.31. The summed E-state index contributed by atoms with van der Waals surface area (Å²) in [7, 11) is 0. The largest absolute Gasteiger partial charge is 0.493 e. The summed E-state index contributed by atoms with van der Waals surface area (Å²) < 4.78 is 16.8. The molecule has 1 heterocycles. The Morgan fingerprint density at radius 2 is 1.89 bits per heavy atom. The van der Waals surface area contributed by atoms with Crippen molar-refractivity contribution >= 4 is 0 Å². The van der Waals surface area contributed by atoms with Crippen LogP contribution in [-0.2, 0) is 6.42 Å². The van der Waals surface area contributed by atoms with Gasteiger partial charge in [-0.15, -0.1) is 0 Å². The summed E-state index contributed by atoms with van der Waals surface area (Å²) in [6.45, 7) is 1.71. The summed E-state index contributed by atoms with van der Waals surface area (Å²) in [6, 6.07) is 3.95. The van der Waals surface area contributed by atoms with Crippen LogP contribution in [0.5, 0.6) is 17.2 Å². The van der Waals surface area contributed by atoms with Crippen LogP contribution in [0.3, 0.4) is 0 Å². The van der Waals surface area contributed by atoms with Crippen molar-refractivity contribution in [1.29, 1.82) is 0 Å². The molecule has 1 aliphatic carbocycles. The van der Waals surface area contributed by atoms with E-state index in [0.717, 1.165) is 35.8 Å². The van der Waals surface area contributed by atoms with Gasteiger partial charge in [-0.3, -0.25) is 0 Å². The molecule has 0 amide bonds. The Morgan fingerprint density at radius 3 is 2.63 bits per heavy atom. The van der Waals surface area contributed by atoms with Crippen molar-refractivity contribution in [1.82, 2.24) is 0 Å². The molecule has 1 fully saturated rings. The molecule has 104 valence electrons. The van der Waals surface area contributed by atoms with E-state index in [9.17, 15) is 0 Å². The van der Waals surface area contributed by atoms with Crippen molar-refractivity contribution in [3.8, 4) is 17.2 Å². The lowest BCUT2D eigenvalue weighted by molar-refractivity contribution is 0.173. The molecule has 19 heavy (non-hydrogen) atoms. The minimum Gasteiger partial charge on any atom is -0.493 e. The molecule has 3 rings (SSSR count). The molecule has 2 N–H and O–H groups in total. The van der Waals surface area contributed by atoms with E-state index in [2.05, 4.69) is 0 Å². The van der Waals surface area contributed by atoms with Crippen LogP contribution in [-0.4, -0.2) is 19.9 Å². The van der Waals surface area contributed by atoms with E-state index < -0.39 is 0 Å². The molecule has 0 radical (unpaired) electrons. The molecule has 4 nitrogen and oxygen atoms in total. The van der Waals surface area contributed by atoms with Gasteiger partial charge >= 0.3 is 0 Å². The lowest BCUT2D eigenvalue weighted by Crippen LogP contribution is -2.11. The molecule has 0 saturated heterocycles. The van der Waals surface area contributed by atoms with Gasteiger partial charge in [-0.2, -0.15) is 0 Å². The van der Waals surface area contributed by atoms with E-state index in [1.807, 2.05) is 12.1 Å². The van der Waals surface area contributed by atoms with Crippen molar-refractivity contribution in [2.24, 2.45) is 11.7 Å². The number of fused-ring (bicyclic) bond motifs is 1. The number of hydrogen-bond acceptors (Lipinski definition) is 4. The quantitative estimate of drug-likeness (QED) is 0.886. The Kier molecular flexibility index (Phi) is 3.78. The van der Waals surface area contributed by atoms with E-state index >= 15 is 0 Å². The van der Waals surface area contributed by atoms with Crippen molar-refractivity contribution in [3.63, 3.8) is 0 Å². The molecule has 0 spiro atoms. The summed E-state index contributed by atoms with van der Waals surface area (Å²) >= 11 is 0. The molecule has 0 unspecified atom stereocenters. The molecule has 0 atom stereocenters. The van der Waals surface area contributed by atoms with Gasteiger partial charge in [0.15, 0.2) is 11.5 Å². The summed E-state index contributed by atoms with van der Waals surface area (Å²) in [5, 5.41) is 0. The van der Waals surface area contributed by atoms with Crippen molar-refractivity contribution in [3.05, 3.63) is 17.7 Å². The van der Waals surface area contributed by atoms with Crippen molar-refractivity contribution < 1.29 is 14.2 Å². The molecular weight excluding hydrogens is 242 g/mol. The first-order valence-electron chi connectivity index (χ1n) is 7.12. The third kappa shape index (κ3) is 2.78. The van der Waals surface area contributed by atoms with E-state index in [1.165, 1.54) is 25.7 Å². The molecular formula is C15H21NO3. The van der Waals surface area contributed by atoms with Gasteiger partial charge in [-0.05, 0) is 43.4 Å². The molecule has 0 bridgehead atoms. The Bertz CT molecular complexity index is 441. The highest BCUT2D eigenvalue weighted by atomic mass is 16.7. The van der Waals surface area contributed by atoms with Gasteiger partial charge in [0.2, 0.25) is 6.79 Å². The zero-order valence-electron chi connectivity index (χ0n) is 11.2. The lowest BCUT2D eigenvalue weighted by Gasteiger charge is -2.15. The topological polar surface area (TPSA) is 53.7 Å². The number of ether oxygens (including phenoxy) is 3. The Hall–Kier alpha value is -1.42. The van der Waals surface area contributed by atoms with Crippen molar-refractivity contribution in [2.45, 2.75) is 32.1 Å². The van der Waals surface area contributed by atoms with Gasteiger partial charge in [0.25, 0.3) is 0 Å². The third-order valence-corrected chi connectivity index (χ3v) is 3.92. The average molecular weight is 263 g/mol. The van der Waals surface area contributed by atoms with E-state index in [1.54, 1.807) is 0 Å². The van der Waals surface area contributed by atoms with Crippen LogP contribution in [0.15, 0.2) is 12.1 Å². The van der Waals surface area contributed by atoms with Crippen molar-refractivity contribution in [2.75, 3.05) is 19.9 Å². The zero-order chi connectivity index (χ0) is 13.1. The first kappa shape index (κ1) is 12.6.